The van der Waals surface area contributed by atoms with E-state index in [-0.39, 0.29) is 11.8 Å². The highest BCUT2D eigenvalue weighted by molar-refractivity contribution is 6.00. The van der Waals surface area contributed by atoms with E-state index in [1.54, 1.807) is 0 Å². The van der Waals surface area contributed by atoms with Crippen LogP contribution in [0.1, 0.15) is 22.3 Å². The van der Waals surface area contributed by atoms with Gasteiger partial charge in [-0.1, -0.05) is 0 Å². The molecule has 3 rings (SSSR count). The number of Topliss-reactive ketones (excluding diaryl/α,β-unsaturated/α-hetero) is 1. The molecule has 0 saturated carbocycles. The molecule has 4 heteroatoms. The third-order valence-corrected chi connectivity index (χ3v) is 3.89. The fourth-order valence-electron chi connectivity index (χ4n) is 2.79. The molecule has 1 aromatic carbocycles. The Morgan fingerprint density at radius 3 is 3.21 bits per heavy atom. The van der Waals surface area contributed by atoms with E-state index < -0.39 is 0 Å². The van der Waals surface area contributed by atoms with E-state index in [0.717, 1.165) is 50.4 Å². The highest BCUT2D eigenvalue weighted by atomic mass is 16.5. The lowest BCUT2D eigenvalue weighted by Crippen LogP contribution is -2.52. The van der Waals surface area contributed by atoms with E-state index in [1.807, 2.05) is 18.2 Å². The molecule has 1 fully saturated rings. The normalized spacial score (nSPS) is 23.5. The number of aryl methyl sites for hydroxylation is 1. The molecule has 1 aromatic rings. The quantitative estimate of drug-likeness (QED) is 0.809. The minimum atomic E-state index is -0.0821. The minimum absolute atomic E-state index is 0.0821. The highest BCUT2D eigenvalue weighted by Gasteiger charge is 2.25. The zero-order valence-corrected chi connectivity index (χ0v) is 11.3. The number of ketones is 1. The van der Waals surface area contributed by atoms with Gasteiger partial charge in [0.15, 0.2) is 5.78 Å². The molecule has 0 radical (unpaired) electrons. The number of benzene rings is 1. The Morgan fingerprint density at radius 1 is 1.47 bits per heavy atom. The maximum absolute atomic E-state index is 12.5. The summed E-state index contributed by atoms with van der Waals surface area (Å²) in [7, 11) is 2.06. The molecule has 0 spiro atoms. The minimum Gasteiger partial charge on any atom is -0.493 e. The van der Waals surface area contributed by atoms with Crippen LogP contribution in [0.2, 0.25) is 0 Å². The molecular weight excluding hydrogens is 240 g/mol. The maximum Gasteiger partial charge on any atom is 0.181 e. The molecule has 19 heavy (non-hydrogen) atoms. The smallest absolute Gasteiger partial charge is 0.181 e. The Bertz CT molecular complexity index is 487. The van der Waals surface area contributed by atoms with Crippen molar-refractivity contribution in [2.24, 2.45) is 0 Å². The van der Waals surface area contributed by atoms with Crippen molar-refractivity contribution in [3.8, 4) is 5.75 Å². The number of carbonyl (C=O) groups is 1. The van der Waals surface area contributed by atoms with E-state index in [0.29, 0.717) is 0 Å². The Morgan fingerprint density at radius 2 is 2.37 bits per heavy atom. The van der Waals surface area contributed by atoms with E-state index in [2.05, 4.69) is 17.3 Å². The number of hydrogen-bond acceptors (Lipinski definition) is 4. The molecule has 102 valence electrons. The highest BCUT2D eigenvalue weighted by Crippen LogP contribution is 2.26. The summed E-state index contributed by atoms with van der Waals surface area (Å²) in [4.78, 5) is 14.7. The van der Waals surface area contributed by atoms with Crippen LogP contribution in [-0.2, 0) is 6.42 Å². The zero-order valence-electron chi connectivity index (χ0n) is 11.3. The molecule has 4 nitrogen and oxygen atoms in total. The van der Waals surface area contributed by atoms with Gasteiger partial charge in [-0.15, -0.1) is 0 Å². The number of ether oxygens (including phenoxy) is 1. The van der Waals surface area contributed by atoms with E-state index in [9.17, 15) is 4.79 Å². The van der Waals surface area contributed by atoms with Gasteiger partial charge in [0, 0.05) is 25.2 Å². The second-order valence-corrected chi connectivity index (χ2v) is 5.41. The number of nitrogens with zero attached hydrogens (tertiary/aromatic N) is 1. The Labute approximate surface area is 113 Å². The Kier molecular flexibility index (Phi) is 3.53. The fraction of sp³-hybridized carbons (Fsp3) is 0.533. The second-order valence-electron chi connectivity index (χ2n) is 5.41. The van der Waals surface area contributed by atoms with Crippen LogP contribution in [0, 0.1) is 0 Å². The fourth-order valence-corrected chi connectivity index (χ4v) is 2.79. The van der Waals surface area contributed by atoms with Gasteiger partial charge in [-0.05, 0) is 43.7 Å². The van der Waals surface area contributed by atoms with Crippen LogP contribution in [-0.4, -0.2) is 50.0 Å². The van der Waals surface area contributed by atoms with Crippen molar-refractivity contribution in [3.63, 3.8) is 0 Å². The average molecular weight is 260 g/mol. The Hall–Kier alpha value is -1.39. The monoisotopic (exact) mass is 260 g/mol. The maximum atomic E-state index is 12.5. The van der Waals surface area contributed by atoms with Crippen molar-refractivity contribution in [2.45, 2.75) is 18.9 Å². The predicted octanol–water partition coefficient (Wildman–Crippen LogP) is 1.10. The summed E-state index contributed by atoms with van der Waals surface area (Å²) in [5.41, 5.74) is 1.97. The van der Waals surface area contributed by atoms with Crippen LogP contribution >= 0.6 is 0 Å². The van der Waals surface area contributed by atoms with Gasteiger partial charge in [-0.3, -0.25) is 4.79 Å². The van der Waals surface area contributed by atoms with Gasteiger partial charge in [-0.25, -0.2) is 0 Å². The summed E-state index contributed by atoms with van der Waals surface area (Å²) in [6, 6.07) is 5.76. The van der Waals surface area contributed by atoms with Gasteiger partial charge in [0.1, 0.15) is 5.75 Å². The van der Waals surface area contributed by atoms with Crippen LogP contribution < -0.4 is 10.1 Å². The van der Waals surface area contributed by atoms with Crippen molar-refractivity contribution >= 4 is 5.78 Å². The largest absolute Gasteiger partial charge is 0.493 e. The lowest BCUT2D eigenvalue weighted by molar-refractivity contribution is 0.0894. The average Bonchev–Trinajstić information content (AvgIpc) is 2.46. The van der Waals surface area contributed by atoms with Gasteiger partial charge < -0.3 is 15.0 Å². The van der Waals surface area contributed by atoms with Crippen LogP contribution in [0.5, 0.6) is 5.75 Å². The molecule has 1 unspecified atom stereocenters. The number of carbonyl (C=O) groups excluding carboxylic acids is 1. The topological polar surface area (TPSA) is 41.6 Å². The first-order valence-corrected chi connectivity index (χ1v) is 6.96. The summed E-state index contributed by atoms with van der Waals surface area (Å²) in [5.74, 6) is 1.14. The number of nitrogens with one attached hydrogen (secondary N) is 1. The summed E-state index contributed by atoms with van der Waals surface area (Å²) >= 11 is 0. The number of rotatable bonds is 2. The van der Waals surface area contributed by atoms with Crippen LogP contribution in [0.15, 0.2) is 18.2 Å². The van der Waals surface area contributed by atoms with E-state index >= 15 is 0 Å². The SMILES string of the molecule is CN1CCNC(C(=O)c2ccc3c(c2)CCCO3)C1. The summed E-state index contributed by atoms with van der Waals surface area (Å²) in [6.07, 6.45) is 2.05. The standard InChI is InChI=1S/C15H20N2O2/c1-17-7-6-16-13(10-17)15(18)12-4-5-14-11(9-12)3-2-8-19-14/h4-5,9,13,16H,2-3,6-8,10H2,1H3. The number of hydrogen-bond donors (Lipinski definition) is 1. The molecule has 1 saturated heterocycles. The third-order valence-electron chi connectivity index (χ3n) is 3.89. The van der Waals surface area contributed by atoms with Gasteiger partial charge in [-0.2, -0.15) is 0 Å². The van der Waals surface area contributed by atoms with Gasteiger partial charge in [0.05, 0.1) is 12.6 Å². The molecule has 1 N–H and O–H groups in total. The first-order valence-electron chi connectivity index (χ1n) is 6.96. The second kappa shape index (κ2) is 5.31. The molecular formula is C15H20N2O2. The molecule has 2 aliphatic rings. The first-order chi connectivity index (χ1) is 9.24. The molecule has 0 aromatic heterocycles. The van der Waals surface area contributed by atoms with Gasteiger partial charge in [0.25, 0.3) is 0 Å². The molecule has 2 aliphatic heterocycles. The van der Waals surface area contributed by atoms with Crippen molar-refractivity contribution in [2.75, 3.05) is 33.3 Å². The number of piperazine rings is 1. The lowest BCUT2D eigenvalue weighted by Gasteiger charge is -2.30. The third kappa shape index (κ3) is 2.65. The van der Waals surface area contributed by atoms with Crippen molar-refractivity contribution in [1.82, 2.24) is 10.2 Å². The van der Waals surface area contributed by atoms with Crippen LogP contribution in [0.25, 0.3) is 0 Å². The summed E-state index contributed by atoms with van der Waals surface area (Å²) in [5, 5.41) is 3.31. The van der Waals surface area contributed by atoms with Crippen molar-refractivity contribution < 1.29 is 9.53 Å². The zero-order chi connectivity index (χ0) is 13.2. The molecule has 2 heterocycles. The predicted molar refractivity (Wildman–Crippen MR) is 73.9 cm³/mol. The molecule has 0 aliphatic carbocycles. The van der Waals surface area contributed by atoms with Gasteiger partial charge >= 0.3 is 0 Å². The number of likely N-dealkylation sites (N-methyl/N-ethyl adjacent to an activating group) is 1. The number of fused-ring (bicyclic) bond motifs is 1. The molecule has 1 atom stereocenters. The van der Waals surface area contributed by atoms with E-state index in [4.69, 9.17) is 4.74 Å². The van der Waals surface area contributed by atoms with Crippen LogP contribution in [0.4, 0.5) is 0 Å². The molecule has 0 bridgehead atoms. The van der Waals surface area contributed by atoms with Crippen LogP contribution in [0.3, 0.4) is 0 Å². The first kappa shape index (κ1) is 12.6. The summed E-state index contributed by atoms with van der Waals surface area (Å²) < 4.78 is 5.59. The van der Waals surface area contributed by atoms with E-state index in [1.165, 1.54) is 5.56 Å². The lowest BCUT2D eigenvalue weighted by atomic mass is 9.97. The summed E-state index contributed by atoms with van der Waals surface area (Å²) in [6.45, 7) is 3.45. The Balaban J connectivity index is 1.79. The van der Waals surface area contributed by atoms with Crippen molar-refractivity contribution in [3.05, 3.63) is 29.3 Å². The molecule has 0 amide bonds. The van der Waals surface area contributed by atoms with Gasteiger partial charge in [0.2, 0.25) is 0 Å². The van der Waals surface area contributed by atoms with Crippen molar-refractivity contribution in [1.29, 1.82) is 0 Å².